The maximum absolute atomic E-state index is 13.1. The largest absolute Gasteiger partial charge is 0.348 e. The Bertz CT molecular complexity index is 541. The molecule has 1 saturated heterocycles. The van der Waals surface area contributed by atoms with E-state index in [1.165, 1.54) is 5.56 Å². The first-order valence-corrected chi connectivity index (χ1v) is 8.54. The molecule has 1 aromatic carbocycles. The fourth-order valence-electron chi connectivity index (χ4n) is 3.29. The molecule has 1 aliphatic heterocycles. The molecule has 2 nitrogen and oxygen atoms in total. The van der Waals surface area contributed by atoms with E-state index in [1.807, 2.05) is 6.08 Å². The van der Waals surface area contributed by atoms with E-state index >= 15 is 0 Å². The predicted molar refractivity (Wildman–Crippen MR) is 89.8 cm³/mol. The van der Waals surface area contributed by atoms with Crippen LogP contribution in [-0.2, 0) is 9.47 Å². The zero-order valence-corrected chi connectivity index (χ0v) is 13.5. The summed E-state index contributed by atoms with van der Waals surface area (Å²) in [6.07, 6.45) is 7.74. The van der Waals surface area contributed by atoms with Crippen LogP contribution in [0.5, 0.6) is 0 Å². The third-order valence-corrected chi connectivity index (χ3v) is 4.78. The van der Waals surface area contributed by atoms with Crippen molar-refractivity contribution in [3.63, 3.8) is 0 Å². The maximum atomic E-state index is 13.1. The summed E-state index contributed by atoms with van der Waals surface area (Å²) in [5, 5.41) is 0. The molecule has 0 N–H and O–H groups in total. The van der Waals surface area contributed by atoms with E-state index < -0.39 is 0 Å². The standard InChI is InChI=1S/C20H25FO2/c1-2-3-4-15-13-22-20(23-14-15)18-7-5-16(6-8-18)17-9-11-19(21)12-10-17/h2,5-8,11,15,17,20H,1,3-4,9-10,12-14H2. The second kappa shape index (κ2) is 7.89. The molecule has 1 heterocycles. The first-order valence-electron chi connectivity index (χ1n) is 8.54. The number of allylic oxidation sites excluding steroid dienone is 3. The van der Waals surface area contributed by atoms with Crippen molar-refractivity contribution < 1.29 is 13.9 Å². The van der Waals surface area contributed by atoms with Crippen LogP contribution in [0.4, 0.5) is 4.39 Å². The summed E-state index contributed by atoms with van der Waals surface area (Å²) in [7, 11) is 0. The third-order valence-electron chi connectivity index (χ3n) is 4.78. The normalized spacial score (nSPS) is 28.2. The lowest BCUT2D eigenvalue weighted by atomic mass is 9.87. The van der Waals surface area contributed by atoms with Crippen LogP contribution in [0, 0.1) is 5.92 Å². The lowest BCUT2D eigenvalue weighted by Gasteiger charge is -2.29. The monoisotopic (exact) mass is 316 g/mol. The average molecular weight is 316 g/mol. The first-order chi connectivity index (χ1) is 11.3. The molecule has 1 aromatic rings. The van der Waals surface area contributed by atoms with Crippen molar-refractivity contribution in [1.29, 1.82) is 0 Å². The van der Waals surface area contributed by atoms with Gasteiger partial charge in [0.25, 0.3) is 0 Å². The molecule has 1 unspecified atom stereocenters. The minimum absolute atomic E-state index is 0.0351. The number of hydrogen-bond acceptors (Lipinski definition) is 2. The summed E-state index contributed by atoms with van der Waals surface area (Å²) in [4.78, 5) is 0. The van der Waals surface area contributed by atoms with Gasteiger partial charge in [0.15, 0.2) is 6.29 Å². The smallest absolute Gasteiger partial charge is 0.183 e. The molecule has 0 aromatic heterocycles. The first kappa shape index (κ1) is 16.4. The Morgan fingerprint density at radius 1 is 1.13 bits per heavy atom. The van der Waals surface area contributed by atoms with Crippen LogP contribution in [0.1, 0.15) is 55.4 Å². The van der Waals surface area contributed by atoms with Crippen molar-refractivity contribution in [3.05, 3.63) is 60.0 Å². The van der Waals surface area contributed by atoms with Crippen LogP contribution < -0.4 is 0 Å². The van der Waals surface area contributed by atoms with Gasteiger partial charge in [-0.05, 0) is 43.6 Å². The molecular formula is C20H25FO2. The summed E-state index contributed by atoms with van der Waals surface area (Å²) < 4.78 is 24.8. The van der Waals surface area contributed by atoms with E-state index in [0.717, 1.165) is 44.5 Å². The lowest BCUT2D eigenvalue weighted by molar-refractivity contribution is -0.205. The van der Waals surface area contributed by atoms with E-state index in [2.05, 4.69) is 30.8 Å². The highest BCUT2D eigenvalue weighted by Crippen LogP contribution is 2.34. The van der Waals surface area contributed by atoms with Crippen LogP contribution in [0.15, 0.2) is 48.8 Å². The Labute approximate surface area is 138 Å². The van der Waals surface area contributed by atoms with Crippen molar-refractivity contribution in [3.8, 4) is 0 Å². The predicted octanol–water partition coefficient (Wildman–Crippen LogP) is 5.44. The number of halogens is 1. The average Bonchev–Trinajstić information content (AvgIpc) is 2.61. The van der Waals surface area contributed by atoms with Crippen molar-refractivity contribution >= 4 is 0 Å². The Hall–Kier alpha value is -1.45. The van der Waals surface area contributed by atoms with E-state index in [0.29, 0.717) is 18.3 Å². The van der Waals surface area contributed by atoms with E-state index in [9.17, 15) is 4.39 Å². The number of benzene rings is 1. The van der Waals surface area contributed by atoms with Gasteiger partial charge >= 0.3 is 0 Å². The van der Waals surface area contributed by atoms with Crippen LogP contribution >= 0.6 is 0 Å². The van der Waals surface area contributed by atoms with Gasteiger partial charge in [0.1, 0.15) is 0 Å². The fourth-order valence-corrected chi connectivity index (χ4v) is 3.29. The Balaban J connectivity index is 1.55. The van der Waals surface area contributed by atoms with E-state index in [4.69, 9.17) is 9.47 Å². The molecule has 3 rings (SSSR count). The van der Waals surface area contributed by atoms with Gasteiger partial charge in [0.05, 0.1) is 19.0 Å². The molecule has 3 heteroatoms. The van der Waals surface area contributed by atoms with Gasteiger partial charge in [0, 0.05) is 11.5 Å². The highest BCUT2D eigenvalue weighted by molar-refractivity contribution is 5.27. The van der Waals surface area contributed by atoms with Gasteiger partial charge in [-0.3, -0.25) is 0 Å². The molecule has 2 aliphatic rings. The number of hydrogen-bond donors (Lipinski definition) is 0. The van der Waals surface area contributed by atoms with E-state index in [-0.39, 0.29) is 12.1 Å². The summed E-state index contributed by atoms with van der Waals surface area (Å²) >= 11 is 0. The van der Waals surface area contributed by atoms with Gasteiger partial charge in [-0.15, -0.1) is 6.58 Å². The fraction of sp³-hybridized carbons (Fsp3) is 0.500. The van der Waals surface area contributed by atoms with Crippen LogP contribution in [0.2, 0.25) is 0 Å². The van der Waals surface area contributed by atoms with Gasteiger partial charge in [-0.25, -0.2) is 4.39 Å². The van der Waals surface area contributed by atoms with Crippen LogP contribution in [0.3, 0.4) is 0 Å². The minimum Gasteiger partial charge on any atom is -0.348 e. The zero-order valence-electron chi connectivity index (χ0n) is 13.5. The molecule has 1 fully saturated rings. The van der Waals surface area contributed by atoms with Crippen LogP contribution in [-0.4, -0.2) is 13.2 Å². The maximum Gasteiger partial charge on any atom is 0.183 e. The van der Waals surface area contributed by atoms with Crippen molar-refractivity contribution in [2.75, 3.05) is 13.2 Å². The Morgan fingerprint density at radius 2 is 1.83 bits per heavy atom. The highest BCUT2D eigenvalue weighted by Gasteiger charge is 2.23. The summed E-state index contributed by atoms with van der Waals surface area (Å²) in [5.74, 6) is 0.931. The molecule has 1 aliphatic carbocycles. The van der Waals surface area contributed by atoms with Crippen molar-refractivity contribution in [2.45, 2.75) is 44.3 Å². The second-order valence-electron chi connectivity index (χ2n) is 6.52. The van der Waals surface area contributed by atoms with Gasteiger partial charge in [-0.1, -0.05) is 36.4 Å². The summed E-state index contributed by atoms with van der Waals surface area (Å²) in [5.41, 5.74) is 2.34. The third kappa shape index (κ3) is 4.30. The van der Waals surface area contributed by atoms with Crippen molar-refractivity contribution in [1.82, 2.24) is 0 Å². The molecule has 124 valence electrons. The lowest BCUT2D eigenvalue weighted by Crippen LogP contribution is -2.27. The second-order valence-corrected chi connectivity index (χ2v) is 6.52. The molecule has 23 heavy (non-hydrogen) atoms. The quantitative estimate of drug-likeness (QED) is 0.674. The topological polar surface area (TPSA) is 18.5 Å². The van der Waals surface area contributed by atoms with Gasteiger partial charge in [-0.2, -0.15) is 0 Å². The van der Waals surface area contributed by atoms with Crippen LogP contribution in [0.25, 0.3) is 0 Å². The Morgan fingerprint density at radius 3 is 2.43 bits per heavy atom. The SMILES string of the molecule is C=CCCC1COC(c2ccc(C3CC=C(F)CC3)cc2)OC1. The minimum atomic E-state index is -0.257. The molecule has 0 amide bonds. The number of rotatable bonds is 5. The molecule has 0 saturated carbocycles. The molecule has 0 bridgehead atoms. The molecular weight excluding hydrogens is 291 g/mol. The van der Waals surface area contributed by atoms with Gasteiger partial charge in [0.2, 0.25) is 0 Å². The zero-order chi connectivity index (χ0) is 16.1. The summed E-state index contributed by atoms with van der Waals surface area (Å²) in [6.45, 7) is 5.24. The summed E-state index contributed by atoms with van der Waals surface area (Å²) in [6, 6.07) is 8.43. The van der Waals surface area contributed by atoms with Gasteiger partial charge < -0.3 is 9.47 Å². The molecule has 0 radical (unpaired) electrons. The Kier molecular flexibility index (Phi) is 5.63. The van der Waals surface area contributed by atoms with E-state index in [1.54, 1.807) is 6.08 Å². The molecule has 1 atom stereocenters. The highest BCUT2D eigenvalue weighted by atomic mass is 19.1. The number of ether oxygens (including phenoxy) is 2. The molecule has 0 spiro atoms. The van der Waals surface area contributed by atoms with Crippen molar-refractivity contribution in [2.24, 2.45) is 5.92 Å².